The first-order valence-electron chi connectivity index (χ1n) is 6.65. The summed E-state index contributed by atoms with van der Waals surface area (Å²) < 4.78 is 10.6. The Morgan fingerprint density at radius 1 is 1.17 bits per heavy atom. The van der Waals surface area contributed by atoms with Crippen molar-refractivity contribution in [1.82, 2.24) is 0 Å². The standard InChI is InChI=1S/C15H23NO2/c1-17-11-12-6-7-13(18-2)10-14(12)15(16)8-4-3-5-9-15/h6-7,10H,3-5,8-9,11,16H2,1-2H3. The molecule has 0 aromatic heterocycles. The van der Waals surface area contributed by atoms with Crippen molar-refractivity contribution in [2.45, 2.75) is 44.2 Å². The van der Waals surface area contributed by atoms with Crippen LogP contribution >= 0.6 is 0 Å². The highest BCUT2D eigenvalue weighted by atomic mass is 16.5. The lowest BCUT2D eigenvalue weighted by Crippen LogP contribution is -2.39. The van der Waals surface area contributed by atoms with Gasteiger partial charge in [-0.1, -0.05) is 25.3 Å². The highest BCUT2D eigenvalue weighted by Crippen LogP contribution is 2.38. The molecule has 0 atom stereocenters. The van der Waals surface area contributed by atoms with Crippen LogP contribution < -0.4 is 10.5 Å². The second-order valence-electron chi connectivity index (χ2n) is 5.17. The third-order valence-electron chi connectivity index (χ3n) is 3.90. The van der Waals surface area contributed by atoms with E-state index in [4.69, 9.17) is 15.2 Å². The predicted molar refractivity (Wildman–Crippen MR) is 72.7 cm³/mol. The van der Waals surface area contributed by atoms with Crippen LogP contribution in [-0.2, 0) is 16.9 Å². The van der Waals surface area contributed by atoms with Crippen molar-refractivity contribution in [3.8, 4) is 5.75 Å². The second kappa shape index (κ2) is 5.72. The molecule has 2 N–H and O–H groups in total. The highest BCUT2D eigenvalue weighted by molar-refractivity contribution is 5.40. The molecule has 2 rings (SSSR count). The summed E-state index contributed by atoms with van der Waals surface area (Å²) in [6.45, 7) is 0.609. The number of rotatable bonds is 4. The van der Waals surface area contributed by atoms with Gasteiger partial charge in [-0.05, 0) is 36.1 Å². The third kappa shape index (κ3) is 2.68. The molecule has 3 nitrogen and oxygen atoms in total. The van der Waals surface area contributed by atoms with Crippen molar-refractivity contribution in [3.63, 3.8) is 0 Å². The Morgan fingerprint density at radius 3 is 2.50 bits per heavy atom. The summed E-state index contributed by atoms with van der Waals surface area (Å²) in [6, 6.07) is 6.13. The molecule has 0 aliphatic heterocycles. The van der Waals surface area contributed by atoms with Crippen molar-refractivity contribution in [2.75, 3.05) is 14.2 Å². The van der Waals surface area contributed by atoms with Crippen LogP contribution in [0.3, 0.4) is 0 Å². The fraction of sp³-hybridized carbons (Fsp3) is 0.600. The lowest BCUT2D eigenvalue weighted by Gasteiger charge is -2.35. The molecular formula is C15H23NO2. The minimum atomic E-state index is -0.208. The van der Waals surface area contributed by atoms with Gasteiger partial charge in [-0.3, -0.25) is 0 Å². The van der Waals surface area contributed by atoms with E-state index in [2.05, 4.69) is 12.1 Å². The van der Waals surface area contributed by atoms with Gasteiger partial charge < -0.3 is 15.2 Å². The van der Waals surface area contributed by atoms with Crippen LogP contribution in [0.5, 0.6) is 5.75 Å². The van der Waals surface area contributed by atoms with Crippen LogP contribution in [0.25, 0.3) is 0 Å². The molecule has 1 aliphatic rings. The number of ether oxygens (including phenoxy) is 2. The van der Waals surface area contributed by atoms with Crippen LogP contribution in [-0.4, -0.2) is 14.2 Å². The molecule has 0 radical (unpaired) electrons. The van der Waals surface area contributed by atoms with Crippen LogP contribution in [0.1, 0.15) is 43.2 Å². The van der Waals surface area contributed by atoms with Gasteiger partial charge in [0.25, 0.3) is 0 Å². The number of hydrogen-bond donors (Lipinski definition) is 1. The fourth-order valence-corrected chi connectivity index (χ4v) is 2.88. The van der Waals surface area contributed by atoms with Gasteiger partial charge in [0.1, 0.15) is 5.75 Å². The lowest BCUT2D eigenvalue weighted by molar-refractivity contribution is 0.180. The van der Waals surface area contributed by atoms with Crippen molar-refractivity contribution in [1.29, 1.82) is 0 Å². The Balaban J connectivity index is 2.38. The average Bonchev–Trinajstić information content (AvgIpc) is 2.40. The topological polar surface area (TPSA) is 44.5 Å². The van der Waals surface area contributed by atoms with E-state index in [0.717, 1.165) is 18.6 Å². The number of benzene rings is 1. The van der Waals surface area contributed by atoms with E-state index in [1.807, 2.05) is 6.07 Å². The number of methoxy groups -OCH3 is 2. The van der Waals surface area contributed by atoms with E-state index < -0.39 is 0 Å². The van der Waals surface area contributed by atoms with E-state index >= 15 is 0 Å². The molecule has 0 unspecified atom stereocenters. The third-order valence-corrected chi connectivity index (χ3v) is 3.90. The normalized spacial score (nSPS) is 18.6. The molecule has 3 heteroatoms. The molecule has 0 saturated heterocycles. The minimum Gasteiger partial charge on any atom is -0.497 e. The first kappa shape index (κ1) is 13.4. The maximum absolute atomic E-state index is 6.62. The van der Waals surface area contributed by atoms with Crippen LogP contribution in [0, 0.1) is 0 Å². The summed E-state index contributed by atoms with van der Waals surface area (Å²) in [5.74, 6) is 0.875. The Labute approximate surface area is 109 Å². The summed E-state index contributed by atoms with van der Waals surface area (Å²) in [6.07, 6.45) is 5.82. The maximum atomic E-state index is 6.62. The molecule has 1 aliphatic carbocycles. The van der Waals surface area contributed by atoms with Crippen molar-refractivity contribution < 1.29 is 9.47 Å². The molecule has 100 valence electrons. The molecular weight excluding hydrogens is 226 g/mol. The second-order valence-corrected chi connectivity index (χ2v) is 5.17. The molecule has 18 heavy (non-hydrogen) atoms. The summed E-state index contributed by atoms with van der Waals surface area (Å²) in [5.41, 5.74) is 8.80. The van der Waals surface area contributed by atoms with E-state index in [0.29, 0.717) is 6.61 Å². The quantitative estimate of drug-likeness (QED) is 0.892. The summed E-state index contributed by atoms with van der Waals surface area (Å²) >= 11 is 0. The first-order chi connectivity index (χ1) is 8.69. The first-order valence-corrected chi connectivity index (χ1v) is 6.65. The zero-order valence-electron chi connectivity index (χ0n) is 11.4. The molecule has 1 saturated carbocycles. The van der Waals surface area contributed by atoms with E-state index in [-0.39, 0.29) is 5.54 Å². The zero-order chi connectivity index (χ0) is 13.0. The largest absolute Gasteiger partial charge is 0.497 e. The highest BCUT2D eigenvalue weighted by Gasteiger charge is 2.31. The van der Waals surface area contributed by atoms with Gasteiger partial charge in [0.15, 0.2) is 0 Å². The Hall–Kier alpha value is -1.06. The molecule has 1 aromatic carbocycles. The van der Waals surface area contributed by atoms with Crippen molar-refractivity contribution >= 4 is 0 Å². The Kier molecular flexibility index (Phi) is 4.25. The summed E-state index contributed by atoms with van der Waals surface area (Å²) in [7, 11) is 3.41. The molecule has 1 fully saturated rings. The van der Waals surface area contributed by atoms with Crippen molar-refractivity contribution in [3.05, 3.63) is 29.3 Å². The van der Waals surface area contributed by atoms with Gasteiger partial charge in [0.05, 0.1) is 13.7 Å². The van der Waals surface area contributed by atoms with Gasteiger partial charge >= 0.3 is 0 Å². The van der Waals surface area contributed by atoms with Crippen LogP contribution in [0.4, 0.5) is 0 Å². The molecule has 0 spiro atoms. The fourth-order valence-electron chi connectivity index (χ4n) is 2.88. The van der Waals surface area contributed by atoms with Crippen LogP contribution in [0.15, 0.2) is 18.2 Å². The lowest BCUT2D eigenvalue weighted by atomic mass is 9.76. The Bertz CT molecular complexity index is 397. The van der Waals surface area contributed by atoms with Gasteiger partial charge in [-0.25, -0.2) is 0 Å². The monoisotopic (exact) mass is 249 g/mol. The van der Waals surface area contributed by atoms with E-state index in [1.165, 1.54) is 30.4 Å². The van der Waals surface area contributed by atoms with E-state index in [1.54, 1.807) is 14.2 Å². The molecule has 0 amide bonds. The minimum absolute atomic E-state index is 0.208. The number of nitrogens with two attached hydrogens (primary N) is 1. The van der Waals surface area contributed by atoms with E-state index in [9.17, 15) is 0 Å². The average molecular weight is 249 g/mol. The Morgan fingerprint density at radius 2 is 1.89 bits per heavy atom. The smallest absolute Gasteiger partial charge is 0.119 e. The SMILES string of the molecule is COCc1ccc(OC)cc1C1(N)CCCCC1. The van der Waals surface area contributed by atoms with Gasteiger partial charge in [0.2, 0.25) is 0 Å². The molecule has 0 bridgehead atoms. The number of hydrogen-bond acceptors (Lipinski definition) is 3. The van der Waals surface area contributed by atoms with Crippen molar-refractivity contribution in [2.24, 2.45) is 5.73 Å². The summed E-state index contributed by atoms with van der Waals surface area (Å²) in [5, 5.41) is 0. The maximum Gasteiger partial charge on any atom is 0.119 e. The van der Waals surface area contributed by atoms with Gasteiger partial charge in [-0.15, -0.1) is 0 Å². The van der Waals surface area contributed by atoms with Crippen LogP contribution in [0.2, 0.25) is 0 Å². The molecule has 1 aromatic rings. The zero-order valence-corrected chi connectivity index (χ0v) is 11.4. The van der Waals surface area contributed by atoms with Gasteiger partial charge in [-0.2, -0.15) is 0 Å². The predicted octanol–water partition coefficient (Wildman–Crippen LogP) is 2.96. The summed E-state index contributed by atoms with van der Waals surface area (Å²) in [4.78, 5) is 0. The molecule has 0 heterocycles. The van der Waals surface area contributed by atoms with Gasteiger partial charge in [0, 0.05) is 12.6 Å².